The van der Waals surface area contributed by atoms with E-state index < -0.39 is 6.04 Å². The van der Waals surface area contributed by atoms with E-state index in [9.17, 15) is 14.4 Å². The fourth-order valence-corrected chi connectivity index (χ4v) is 3.45. The number of ketones is 2. The van der Waals surface area contributed by atoms with Gasteiger partial charge in [-0.3, -0.25) is 19.3 Å². The van der Waals surface area contributed by atoms with Crippen LogP contribution in [0.3, 0.4) is 0 Å². The van der Waals surface area contributed by atoms with Crippen molar-refractivity contribution in [1.29, 1.82) is 0 Å². The third-order valence-corrected chi connectivity index (χ3v) is 5.04. The van der Waals surface area contributed by atoms with Gasteiger partial charge in [0, 0.05) is 12.8 Å². The molecule has 0 aromatic carbocycles. The van der Waals surface area contributed by atoms with Crippen LogP contribution < -0.4 is 5.32 Å². The molecule has 0 heterocycles. The van der Waals surface area contributed by atoms with Crippen molar-refractivity contribution in [1.82, 2.24) is 10.2 Å². The number of hydrogen-bond acceptors (Lipinski definition) is 4. The Labute approximate surface area is 172 Å². The summed E-state index contributed by atoms with van der Waals surface area (Å²) in [6, 6.07) is -0.829. The zero-order valence-corrected chi connectivity index (χ0v) is 19.1. The molecule has 0 radical (unpaired) electrons. The number of carbonyl (C=O) groups is 3. The van der Waals surface area contributed by atoms with Crippen LogP contribution in [0.25, 0.3) is 0 Å². The van der Waals surface area contributed by atoms with E-state index in [1.807, 2.05) is 41.7 Å². The maximum Gasteiger partial charge on any atom is 0.238 e. The molecule has 5 heteroatoms. The average Bonchev–Trinajstić information content (AvgIpc) is 2.58. The molecule has 0 fully saturated rings. The van der Waals surface area contributed by atoms with Gasteiger partial charge in [0.05, 0.1) is 12.1 Å². The molecule has 1 unspecified atom stereocenters. The maximum atomic E-state index is 12.9. The van der Waals surface area contributed by atoms with Crippen LogP contribution in [-0.4, -0.2) is 48.0 Å². The number of hydrogen-bond donors (Lipinski definition) is 1. The second-order valence-corrected chi connectivity index (χ2v) is 8.64. The molecule has 0 aromatic heterocycles. The lowest BCUT2D eigenvalue weighted by Crippen LogP contribution is -2.54. The minimum absolute atomic E-state index is 0.00641. The largest absolute Gasteiger partial charge is 0.344 e. The van der Waals surface area contributed by atoms with Gasteiger partial charge in [0.2, 0.25) is 5.91 Å². The topological polar surface area (TPSA) is 66.5 Å². The van der Waals surface area contributed by atoms with Crippen LogP contribution in [0.1, 0.15) is 80.1 Å². The Morgan fingerprint density at radius 2 is 1.57 bits per heavy atom. The van der Waals surface area contributed by atoms with E-state index in [0.29, 0.717) is 24.2 Å². The maximum absolute atomic E-state index is 12.9. The minimum atomic E-state index is -0.538. The molecular weight excluding hydrogens is 352 g/mol. The van der Waals surface area contributed by atoms with Gasteiger partial charge in [-0.25, -0.2) is 0 Å². The summed E-state index contributed by atoms with van der Waals surface area (Å²) in [5.74, 6) is 0.266. The van der Waals surface area contributed by atoms with Crippen molar-refractivity contribution < 1.29 is 14.4 Å². The van der Waals surface area contributed by atoms with Gasteiger partial charge in [-0.05, 0) is 57.2 Å². The first-order valence-corrected chi connectivity index (χ1v) is 10.7. The standard InChI is InChI=1S/C23H42N2O3/c1-9-13-19(26)14-11-10-12-15-25(8)21(17(4)5)23(28)24-20(16(2)3)22(27)18(6)7/h16-17,20-21H,6,9-15H2,1-5,7-8H3,(H,24,28)/t20-,21?/m0/s1. The Balaban J connectivity index is 4.73. The van der Waals surface area contributed by atoms with E-state index in [0.717, 1.165) is 32.2 Å². The third-order valence-electron chi connectivity index (χ3n) is 5.04. The van der Waals surface area contributed by atoms with Gasteiger partial charge in [-0.1, -0.05) is 47.6 Å². The number of amides is 1. The number of carbonyl (C=O) groups excluding carboxylic acids is 3. The highest BCUT2D eigenvalue weighted by molar-refractivity contribution is 6.01. The summed E-state index contributed by atoms with van der Waals surface area (Å²) in [6.07, 6.45) is 5.09. The van der Waals surface area contributed by atoms with Gasteiger partial charge < -0.3 is 5.32 Å². The molecule has 1 amide bonds. The highest BCUT2D eigenvalue weighted by Gasteiger charge is 2.31. The number of nitrogens with one attached hydrogen (secondary N) is 1. The van der Waals surface area contributed by atoms with Crippen LogP contribution in [-0.2, 0) is 14.4 Å². The van der Waals surface area contributed by atoms with Crippen molar-refractivity contribution in [3.63, 3.8) is 0 Å². The van der Waals surface area contributed by atoms with Crippen LogP contribution in [0.5, 0.6) is 0 Å². The van der Waals surface area contributed by atoms with Gasteiger partial charge in [0.1, 0.15) is 5.78 Å². The second-order valence-electron chi connectivity index (χ2n) is 8.64. The van der Waals surface area contributed by atoms with Crippen LogP contribution in [0.4, 0.5) is 0 Å². The molecular formula is C23H42N2O3. The monoisotopic (exact) mass is 394 g/mol. The molecule has 0 aromatic rings. The molecule has 0 saturated carbocycles. The van der Waals surface area contributed by atoms with Gasteiger partial charge >= 0.3 is 0 Å². The molecule has 5 nitrogen and oxygen atoms in total. The lowest BCUT2D eigenvalue weighted by atomic mass is 9.94. The fraction of sp³-hybridized carbons (Fsp3) is 0.783. The Bertz CT molecular complexity index is 526. The van der Waals surface area contributed by atoms with Crippen LogP contribution in [0.2, 0.25) is 0 Å². The number of rotatable bonds is 15. The molecule has 2 atom stereocenters. The highest BCUT2D eigenvalue weighted by Crippen LogP contribution is 2.14. The number of Topliss-reactive ketones (excluding diaryl/α,β-unsaturated/α-hetero) is 2. The molecule has 28 heavy (non-hydrogen) atoms. The quantitative estimate of drug-likeness (QED) is 0.335. The summed E-state index contributed by atoms with van der Waals surface area (Å²) in [6.45, 7) is 16.1. The Morgan fingerprint density at radius 1 is 0.964 bits per heavy atom. The van der Waals surface area contributed by atoms with Crippen molar-refractivity contribution in [2.75, 3.05) is 13.6 Å². The molecule has 0 rings (SSSR count). The Kier molecular flexibility index (Phi) is 12.9. The second kappa shape index (κ2) is 13.6. The van der Waals surface area contributed by atoms with E-state index in [4.69, 9.17) is 0 Å². The van der Waals surface area contributed by atoms with Crippen LogP contribution >= 0.6 is 0 Å². The number of likely N-dealkylation sites (N-methyl/N-ethyl adjacent to an activating group) is 1. The van der Waals surface area contributed by atoms with E-state index in [1.54, 1.807) is 6.92 Å². The van der Waals surface area contributed by atoms with E-state index in [1.165, 1.54) is 0 Å². The first-order chi connectivity index (χ1) is 13.0. The van der Waals surface area contributed by atoms with Crippen LogP contribution in [0.15, 0.2) is 12.2 Å². The van der Waals surface area contributed by atoms with Crippen molar-refractivity contribution in [2.45, 2.75) is 92.2 Å². The van der Waals surface area contributed by atoms with E-state index >= 15 is 0 Å². The molecule has 0 bridgehead atoms. The van der Waals surface area contributed by atoms with E-state index in [2.05, 4.69) is 16.8 Å². The molecule has 0 aliphatic heterocycles. The lowest BCUT2D eigenvalue weighted by Gasteiger charge is -2.32. The SMILES string of the molecule is C=C(C)C(=O)[C@@H](NC(=O)C(C(C)C)N(C)CCCCCC(=O)CCC)C(C)C. The van der Waals surface area contributed by atoms with Crippen molar-refractivity contribution >= 4 is 17.5 Å². The fourth-order valence-electron chi connectivity index (χ4n) is 3.45. The van der Waals surface area contributed by atoms with Crippen LogP contribution in [0, 0.1) is 11.8 Å². The molecule has 162 valence electrons. The highest BCUT2D eigenvalue weighted by atomic mass is 16.2. The van der Waals surface area contributed by atoms with Gasteiger partial charge in [0.15, 0.2) is 5.78 Å². The molecule has 0 aliphatic rings. The lowest BCUT2D eigenvalue weighted by molar-refractivity contribution is -0.131. The predicted molar refractivity (Wildman–Crippen MR) is 116 cm³/mol. The van der Waals surface area contributed by atoms with Gasteiger partial charge in [0.25, 0.3) is 0 Å². The number of unbranched alkanes of at least 4 members (excludes halogenated alkanes) is 2. The van der Waals surface area contributed by atoms with Gasteiger partial charge in [-0.2, -0.15) is 0 Å². The first-order valence-electron chi connectivity index (χ1n) is 10.7. The Morgan fingerprint density at radius 3 is 2.04 bits per heavy atom. The van der Waals surface area contributed by atoms with Crippen molar-refractivity contribution in [2.24, 2.45) is 11.8 Å². The van der Waals surface area contributed by atoms with Crippen molar-refractivity contribution in [3.8, 4) is 0 Å². The normalized spacial score (nSPS) is 13.6. The van der Waals surface area contributed by atoms with Gasteiger partial charge in [-0.15, -0.1) is 0 Å². The smallest absolute Gasteiger partial charge is 0.238 e. The molecule has 0 saturated heterocycles. The molecule has 0 aliphatic carbocycles. The summed E-state index contributed by atoms with van der Waals surface area (Å²) in [7, 11) is 1.96. The summed E-state index contributed by atoms with van der Waals surface area (Å²) in [4.78, 5) is 39.0. The predicted octanol–water partition coefficient (Wildman–Crippen LogP) is 4.16. The Hall–Kier alpha value is -1.49. The third kappa shape index (κ3) is 9.63. The summed E-state index contributed by atoms with van der Waals surface area (Å²) in [5.41, 5.74) is 0.464. The van der Waals surface area contributed by atoms with E-state index in [-0.39, 0.29) is 29.6 Å². The summed E-state index contributed by atoms with van der Waals surface area (Å²) in [5, 5.41) is 2.95. The summed E-state index contributed by atoms with van der Waals surface area (Å²) < 4.78 is 0. The number of nitrogens with zero attached hydrogens (tertiary/aromatic N) is 1. The molecule has 1 N–H and O–H groups in total. The summed E-state index contributed by atoms with van der Waals surface area (Å²) >= 11 is 0. The first kappa shape index (κ1) is 26.5. The van der Waals surface area contributed by atoms with Crippen molar-refractivity contribution in [3.05, 3.63) is 12.2 Å². The molecule has 0 spiro atoms. The minimum Gasteiger partial charge on any atom is -0.344 e. The zero-order chi connectivity index (χ0) is 21.9. The zero-order valence-electron chi connectivity index (χ0n) is 19.1. The average molecular weight is 395 g/mol.